The van der Waals surface area contributed by atoms with Crippen molar-refractivity contribution in [2.75, 3.05) is 13.1 Å². The van der Waals surface area contributed by atoms with Crippen molar-refractivity contribution in [3.05, 3.63) is 18.2 Å². The molecule has 1 aliphatic carbocycles. The van der Waals surface area contributed by atoms with Crippen LogP contribution in [-0.2, 0) is 13.5 Å². The first-order valence-electron chi connectivity index (χ1n) is 7.32. The van der Waals surface area contributed by atoms with E-state index in [1.807, 2.05) is 12.4 Å². The Balaban J connectivity index is 1.87. The number of hydrogen-bond donors (Lipinski definition) is 1. The Bertz CT molecular complexity index is 368. The summed E-state index contributed by atoms with van der Waals surface area (Å²) in [6, 6.07) is 0. The third kappa shape index (κ3) is 3.35. The van der Waals surface area contributed by atoms with Crippen LogP contribution in [0, 0.1) is 11.3 Å². The predicted octanol–water partition coefficient (Wildman–Crippen LogP) is 2.77. The average Bonchev–Trinajstić information content (AvgIpc) is 3.12. The van der Waals surface area contributed by atoms with Crippen molar-refractivity contribution >= 4 is 0 Å². The molecule has 1 fully saturated rings. The van der Waals surface area contributed by atoms with Crippen LogP contribution in [0.5, 0.6) is 0 Å². The predicted molar refractivity (Wildman–Crippen MR) is 75.5 cm³/mol. The molecule has 18 heavy (non-hydrogen) atoms. The van der Waals surface area contributed by atoms with E-state index >= 15 is 0 Å². The minimum Gasteiger partial charge on any atom is -0.338 e. The molecule has 0 amide bonds. The molecule has 1 atom stereocenters. The van der Waals surface area contributed by atoms with Gasteiger partial charge in [-0.1, -0.05) is 13.8 Å². The molecule has 1 unspecified atom stereocenters. The summed E-state index contributed by atoms with van der Waals surface area (Å²) in [4.78, 5) is 4.44. The molecule has 1 heterocycles. The first-order chi connectivity index (χ1) is 8.65. The zero-order valence-corrected chi connectivity index (χ0v) is 12.1. The molecule has 1 aromatic rings. The maximum atomic E-state index is 4.44. The fraction of sp³-hybridized carbons (Fsp3) is 0.800. The number of imidazole rings is 1. The van der Waals surface area contributed by atoms with Gasteiger partial charge in [0.25, 0.3) is 0 Å². The van der Waals surface area contributed by atoms with E-state index in [0.717, 1.165) is 25.4 Å². The van der Waals surface area contributed by atoms with E-state index in [9.17, 15) is 0 Å². The second-order valence-corrected chi connectivity index (χ2v) is 6.06. The third-order valence-electron chi connectivity index (χ3n) is 4.36. The maximum absolute atomic E-state index is 4.44. The lowest BCUT2D eigenvalue weighted by molar-refractivity contribution is 0.235. The lowest BCUT2D eigenvalue weighted by atomic mass is 9.80. The van der Waals surface area contributed by atoms with Crippen LogP contribution in [0.4, 0.5) is 0 Å². The first kappa shape index (κ1) is 13.6. The number of hydrogen-bond acceptors (Lipinski definition) is 2. The highest BCUT2D eigenvalue weighted by Gasteiger charge is 2.40. The molecule has 102 valence electrons. The Kier molecular flexibility index (Phi) is 4.44. The van der Waals surface area contributed by atoms with Gasteiger partial charge in [0.15, 0.2) is 0 Å². The van der Waals surface area contributed by atoms with Crippen molar-refractivity contribution in [2.45, 2.75) is 46.0 Å². The zero-order valence-electron chi connectivity index (χ0n) is 12.1. The van der Waals surface area contributed by atoms with E-state index in [1.165, 1.54) is 31.5 Å². The van der Waals surface area contributed by atoms with Crippen molar-refractivity contribution in [2.24, 2.45) is 18.4 Å². The van der Waals surface area contributed by atoms with Crippen LogP contribution in [-0.4, -0.2) is 22.6 Å². The summed E-state index contributed by atoms with van der Waals surface area (Å²) in [5, 5.41) is 3.61. The van der Waals surface area contributed by atoms with E-state index in [-0.39, 0.29) is 0 Å². The van der Waals surface area contributed by atoms with Crippen molar-refractivity contribution in [3.8, 4) is 0 Å². The summed E-state index contributed by atoms with van der Waals surface area (Å²) < 4.78 is 2.15. The molecule has 0 aliphatic heterocycles. The van der Waals surface area contributed by atoms with Gasteiger partial charge in [-0.25, -0.2) is 4.98 Å². The molecular formula is C15H27N3. The van der Waals surface area contributed by atoms with Gasteiger partial charge in [0.2, 0.25) is 0 Å². The molecule has 0 bridgehead atoms. The van der Waals surface area contributed by atoms with Gasteiger partial charge < -0.3 is 9.88 Å². The minimum atomic E-state index is 0.459. The van der Waals surface area contributed by atoms with Crippen LogP contribution >= 0.6 is 0 Å². The summed E-state index contributed by atoms with van der Waals surface area (Å²) in [6.07, 6.45) is 10.4. The Labute approximate surface area is 111 Å². The summed E-state index contributed by atoms with van der Waals surface area (Å²) in [7, 11) is 2.09. The van der Waals surface area contributed by atoms with E-state index in [4.69, 9.17) is 0 Å². The van der Waals surface area contributed by atoms with Crippen molar-refractivity contribution in [1.29, 1.82) is 0 Å². The molecule has 1 aliphatic rings. The second kappa shape index (κ2) is 5.87. The number of aryl methyl sites for hydroxylation is 2. The highest BCUT2D eigenvalue weighted by Crippen LogP contribution is 2.47. The van der Waals surface area contributed by atoms with Crippen molar-refractivity contribution < 1.29 is 0 Å². The molecule has 0 saturated heterocycles. The largest absolute Gasteiger partial charge is 0.338 e. The molecule has 1 aromatic heterocycles. The average molecular weight is 249 g/mol. The fourth-order valence-corrected chi connectivity index (χ4v) is 2.80. The molecule has 2 rings (SSSR count). The Morgan fingerprint density at radius 2 is 2.28 bits per heavy atom. The number of nitrogens with one attached hydrogen (secondary N) is 1. The van der Waals surface area contributed by atoms with Gasteiger partial charge in [-0.2, -0.15) is 0 Å². The van der Waals surface area contributed by atoms with Gasteiger partial charge in [-0.05, 0) is 43.6 Å². The van der Waals surface area contributed by atoms with Crippen molar-refractivity contribution in [1.82, 2.24) is 14.9 Å². The number of nitrogens with zero attached hydrogens (tertiary/aromatic N) is 2. The van der Waals surface area contributed by atoms with Gasteiger partial charge in [-0.3, -0.25) is 0 Å². The second-order valence-electron chi connectivity index (χ2n) is 6.06. The highest BCUT2D eigenvalue weighted by molar-refractivity contribution is 4.97. The zero-order chi connectivity index (χ0) is 13.0. The molecule has 1 saturated carbocycles. The lowest BCUT2D eigenvalue weighted by Crippen LogP contribution is -2.34. The Hall–Kier alpha value is -0.830. The van der Waals surface area contributed by atoms with Gasteiger partial charge in [0.1, 0.15) is 5.82 Å². The van der Waals surface area contributed by atoms with Gasteiger partial charge in [0, 0.05) is 32.4 Å². The molecule has 3 nitrogen and oxygen atoms in total. The third-order valence-corrected chi connectivity index (χ3v) is 4.36. The van der Waals surface area contributed by atoms with Gasteiger partial charge >= 0.3 is 0 Å². The summed E-state index contributed by atoms with van der Waals surface area (Å²) >= 11 is 0. The van der Waals surface area contributed by atoms with E-state index < -0.39 is 0 Å². The normalized spacial score (nSPS) is 18.8. The van der Waals surface area contributed by atoms with Crippen LogP contribution < -0.4 is 5.32 Å². The molecule has 0 radical (unpaired) electrons. The summed E-state index contributed by atoms with van der Waals surface area (Å²) in [5.74, 6) is 2.15. The van der Waals surface area contributed by atoms with Gasteiger partial charge in [-0.15, -0.1) is 0 Å². The van der Waals surface area contributed by atoms with Crippen molar-refractivity contribution in [3.63, 3.8) is 0 Å². The number of rotatable bonds is 8. The van der Waals surface area contributed by atoms with E-state index in [0.29, 0.717) is 5.41 Å². The highest BCUT2D eigenvalue weighted by atomic mass is 15.0. The van der Waals surface area contributed by atoms with Crippen LogP contribution in [0.15, 0.2) is 12.4 Å². The SMILES string of the molecule is CCCNCC(C)(CCc1nccn1C)C1CC1. The van der Waals surface area contributed by atoms with Gasteiger partial charge in [0.05, 0.1) is 0 Å². The lowest BCUT2D eigenvalue weighted by Gasteiger charge is -2.30. The van der Waals surface area contributed by atoms with Crippen LogP contribution in [0.25, 0.3) is 0 Å². The van der Waals surface area contributed by atoms with E-state index in [2.05, 4.69) is 35.8 Å². The molecule has 3 heteroatoms. The number of aromatic nitrogens is 2. The molecule has 0 spiro atoms. The monoisotopic (exact) mass is 249 g/mol. The fourth-order valence-electron chi connectivity index (χ4n) is 2.80. The smallest absolute Gasteiger partial charge is 0.108 e. The Morgan fingerprint density at radius 1 is 1.50 bits per heavy atom. The minimum absolute atomic E-state index is 0.459. The van der Waals surface area contributed by atoms with Crippen LogP contribution in [0.1, 0.15) is 45.4 Å². The molecular weight excluding hydrogens is 222 g/mol. The topological polar surface area (TPSA) is 29.9 Å². The van der Waals surface area contributed by atoms with Crippen LogP contribution in [0.2, 0.25) is 0 Å². The maximum Gasteiger partial charge on any atom is 0.108 e. The molecule has 1 N–H and O–H groups in total. The first-order valence-corrected chi connectivity index (χ1v) is 7.32. The quantitative estimate of drug-likeness (QED) is 0.718. The summed E-state index contributed by atoms with van der Waals surface area (Å²) in [6.45, 7) is 6.99. The summed E-state index contributed by atoms with van der Waals surface area (Å²) in [5.41, 5.74) is 0.459. The Morgan fingerprint density at radius 3 is 2.83 bits per heavy atom. The van der Waals surface area contributed by atoms with E-state index in [1.54, 1.807) is 0 Å². The molecule has 0 aromatic carbocycles. The van der Waals surface area contributed by atoms with Crippen LogP contribution in [0.3, 0.4) is 0 Å². The standard InChI is InChI=1S/C15H27N3/c1-4-9-16-12-15(2,13-5-6-13)8-7-14-17-10-11-18(14)3/h10-11,13,16H,4-9,12H2,1-3H3.